The largest absolute Gasteiger partial charge is 0.409 e. The Kier molecular flexibility index (Phi) is 5.72. The van der Waals surface area contributed by atoms with Crippen LogP contribution in [0.2, 0.25) is 0 Å². The van der Waals surface area contributed by atoms with E-state index in [0.29, 0.717) is 4.90 Å². The summed E-state index contributed by atoms with van der Waals surface area (Å²) in [5.74, 6) is -1.27. The summed E-state index contributed by atoms with van der Waals surface area (Å²) >= 11 is 0. The second-order valence-electron chi connectivity index (χ2n) is 6.50. The first-order valence-electron chi connectivity index (χ1n) is 8.12. The highest BCUT2D eigenvalue weighted by molar-refractivity contribution is 6.05. The lowest BCUT2D eigenvalue weighted by molar-refractivity contribution is -0.157. The van der Waals surface area contributed by atoms with Gasteiger partial charge in [0.1, 0.15) is 6.04 Å². The maximum Gasteiger partial charge on any atom is 0.409 e. The van der Waals surface area contributed by atoms with Crippen LogP contribution >= 0.6 is 0 Å². The van der Waals surface area contributed by atoms with Crippen LogP contribution in [0.5, 0.6) is 0 Å². The molecule has 0 saturated heterocycles. The van der Waals surface area contributed by atoms with E-state index in [2.05, 4.69) is 10.6 Å². The lowest BCUT2D eigenvalue weighted by Crippen LogP contribution is -2.52. The van der Waals surface area contributed by atoms with Crippen LogP contribution in [0.25, 0.3) is 0 Å². The van der Waals surface area contributed by atoms with Gasteiger partial charge in [0.15, 0.2) is 0 Å². The third kappa shape index (κ3) is 4.50. The second kappa shape index (κ2) is 7.43. The molecule has 2 rings (SSSR count). The van der Waals surface area contributed by atoms with Crippen molar-refractivity contribution < 1.29 is 22.8 Å². The molecule has 1 heterocycles. The molecule has 1 aliphatic heterocycles. The molecule has 2 amide bonds. The Morgan fingerprint density at radius 3 is 2.56 bits per heavy atom. The lowest BCUT2D eigenvalue weighted by atomic mass is 10.1. The van der Waals surface area contributed by atoms with Crippen LogP contribution in [0, 0.1) is 5.92 Å². The van der Waals surface area contributed by atoms with Crippen molar-refractivity contribution >= 4 is 23.2 Å². The molecular weight excluding hydrogens is 335 g/mol. The SMILES string of the molecule is CC(C)[C@H](C)NCC(=O)N1c2ccccc2NC(=O)C[C@@H]1C(F)(F)F. The van der Waals surface area contributed by atoms with E-state index < -0.39 is 30.5 Å². The maximum atomic E-state index is 13.5. The highest BCUT2D eigenvalue weighted by Crippen LogP contribution is 2.37. The average molecular weight is 357 g/mol. The number of carbonyl (C=O) groups is 2. The standard InChI is InChI=1S/C17H22F3N3O2/c1-10(2)11(3)21-9-16(25)23-13-7-5-4-6-12(13)22-15(24)8-14(23)17(18,19)20/h4-7,10-11,14,21H,8-9H2,1-3H3,(H,22,24)/t11-,14+/m0/s1. The van der Waals surface area contributed by atoms with Crippen molar-refractivity contribution in [3.8, 4) is 0 Å². The number of hydrogen-bond acceptors (Lipinski definition) is 3. The number of halogens is 3. The average Bonchev–Trinajstić information content (AvgIpc) is 2.67. The molecule has 8 heteroatoms. The molecule has 0 radical (unpaired) electrons. The monoisotopic (exact) mass is 357 g/mol. The third-order valence-corrected chi connectivity index (χ3v) is 4.35. The molecule has 1 aliphatic rings. The number of nitrogens with one attached hydrogen (secondary N) is 2. The van der Waals surface area contributed by atoms with Crippen LogP contribution in [0.15, 0.2) is 24.3 Å². The first-order valence-corrected chi connectivity index (χ1v) is 8.12. The van der Waals surface area contributed by atoms with Gasteiger partial charge in [-0.1, -0.05) is 26.0 Å². The van der Waals surface area contributed by atoms with E-state index in [4.69, 9.17) is 0 Å². The van der Waals surface area contributed by atoms with Crippen LogP contribution in [0.4, 0.5) is 24.5 Å². The summed E-state index contributed by atoms with van der Waals surface area (Å²) in [4.78, 5) is 25.2. The zero-order valence-electron chi connectivity index (χ0n) is 14.4. The number of alkyl halides is 3. The number of benzene rings is 1. The van der Waals surface area contributed by atoms with Gasteiger partial charge in [0.05, 0.1) is 24.3 Å². The molecule has 0 saturated carbocycles. The molecule has 1 aromatic carbocycles. The van der Waals surface area contributed by atoms with Crippen molar-refractivity contribution in [3.63, 3.8) is 0 Å². The molecule has 0 spiro atoms. The zero-order valence-corrected chi connectivity index (χ0v) is 14.4. The topological polar surface area (TPSA) is 61.4 Å². The van der Waals surface area contributed by atoms with E-state index in [-0.39, 0.29) is 29.9 Å². The van der Waals surface area contributed by atoms with Gasteiger partial charge in [-0.3, -0.25) is 14.5 Å². The van der Waals surface area contributed by atoms with Crippen LogP contribution in [0.3, 0.4) is 0 Å². The number of para-hydroxylation sites is 2. The van der Waals surface area contributed by atoms with E-state index in [1.807, 2.05) is 20.8 Å². The molecule has 0 fully saturated rings. The Bertz CT molecular complexity index is 646. The number of rotatable bonds is 4. The second-order valence-corrected chi connectivity index (χ2v) is 6.50. The van der Waals surface area contributed by atoms with E-state index in [1.54, 1.807) is 6.07 Å². The number of hydrogen-bond donors (Lipinski definition) is 2. The van der Waals surface area contributed by atoms with Gasteiger partial charge in [-0.05, 0) is 25.0 Å². The van der Waals surface area contributed by atoms with Crippen LogP contribution in [0.1, 0.15) is 27.2 Å². The number of fused-ring (bicyclic) bond motifs is 1. The molecule has 0 unspecified atom stereocenters. The molecule has 2 N–H and O–H groups in total. The van der Waals surface area contributed by atoms with Crippen molar-refractivity contribution in [1.29, 1.82) is 0 Å². The minimum absolute atomic E-state index is 0.0322. The van der Waals surface area contributed by atoms with Gasteiger partial charge in [-0.25, -0.2) is 0 Å². The van der Waals surface area contributed by atoms with Gasteiger partial charge < -0.3 is 10.6 Å². The fourth-order valence-corrected chi connectivity index (χ4v) is 2.56. The third-order valence-electron chi connectivity index (χ3n) is 4.35. The molecule has 138 valence electrons. The predicted octanol–water partition coefficient (Wildman–Crippen LogP) is 2.93. The molecular formula is C17H22F3N3O2. The molecule has 25 heavy (non-hydrogen) atoms. The van der Waals surface area contributed by atoms with E-state index >= 15 is 0 Å². The highest BCUT2D eigenvalue weighted by Gasteiger charge is 2.48. The Balaban J connectivity index is 2.37. The fourth-order valence-electron chi connectivity index (χ4n) is 2.56. The molecule has 5 nitrogen and oxygen atoms in total. The Hall–Kier alpha value is -2.09. The van der Waals surface area contributed by atoms with Gasteiger partial charge in [0.25, 0.3) is 0 Å². The van der Waals surface area contributed by atoms with Gasteiger partial charge in [-0.2, -0.15) is 13.2 Å². The smallest absolute Gasteiger partial charge is 0.324 e. The lowest BCUT2D eigenvalue weighted by Gasteiger charge is -2.32. The number of anilines is 2. The number of nitrogens with zero attached hydrogens (tertiary/aromatic N) is 1. The molecule has 2 atom stereocenters. The van der Waals surface area contributed by atoms with Gasteiger partial charge in [0, 0.05) is 6.04 Å². The minimum atomic E-state index is -4.71. The predicted molar refractivity (Wildman–Crippen MR) is 89.3 cm³/mol. The van der Waals surface area contributed by atoms with E-state index in [1.165, 1.54) is 18.2 Å². The number of amides is 2. The van der Waals surface area contributed by atoms with Crippen molar-refractivity contribution in [2.24, 2.45) is 5.92 Å². The van der Waals surface area contributed by atoms with Gasteiger partial charge in [-0.15, -0.1) is 0 Å². The Morgan fingerprint density at radius 1 is 1.32 bits per heavy atom. The Morgan fingerprint density at radius 2 is 1.96 bits per heavy atom. The maximum absolute atomic E-state index is 13.5. The van der Waals surface area contributed by atoms with Crippen molar-refractivity contribution in [3.05, 3.63) is 24.3 Å². The van der Waals surface area contributed by atoms with Gasteiger partial charge >= 0.3 is 6.18 Å². The summed E-state index contributed by atoms with van der Waals surface area (Å²) in [7, 11) is 0. The summed E-state index contributed by atoms with van der Waals surface area (Å²) in [6.45, 7) is 5.52. The quantitative estimate of drug-likeness (QED) is 0.871. The minimum Gasteiger partial charge on any atom is -0.324 e. The van der Waals surface area contributed by atoms with Crippen molar-refractivity contribution in [2.75, 3.05) is 16.8 Å². The Labute approximate surface area is 144 Å². The summed E-state index contributed by atoms with van der Waals surface area (Å²) in [5.41, 5.74) is 0.254. The summed E-state index contributed by atoms with van der Waals surface area (Å²) in [6, 6.07) is 3.79. The van der Waals surface area contributed by atoms with E-state index in [9.17, 15) is 22.8 Å². The first kappa shape index (κ1) is 19.2. The summed E-state index contributed by atoms with van der Waals surface area (Å²) < 4.78 is 40.6. The molecule has 0 aliphatic carbocycles. The normalized spacial score (nSPS) is 19.2. The van der Waals surface area contributed by atoms with Gasteiger partial charge in [0.2, 0.25) is 11.8 Å². The van der Waals surface area contributed by atoms with Crippen LogP contribution in [-0.2, 0) is 9.59 Å². The summed E-state index contributed by atoms with van der Waals surface area (Å²) in [5, 5.41) is 5.39. The fraction of sp³-hybridized carbons (Fsp3) is 0.529. The van der Waals surface area contributed by atoms with E-state index in [0.717, 1.165) is 0 Å². The molecule has 1 aromatic rings. The molecule has 0 aromatic heterocycles. The first-order chi connectivity index (χ1) is 11.6. The number of carbonyl (C=O) groups excluding carboxylic acids is 2. The van der Waals surface area contributed by atoms with Crippen LogP contribution in [-0.4, -0.2) is 36.6 Å². The van der Waals surface area contributed by atoms with Crippen LogP contribution < -0.4 is 15.5 Å². The summed E-state index contributed by atoms with van der Waals surface area (Å²) in [6.07, 6.45) is -5.54. The van der Waals surface area contributed by atoms with Crippen molar-refractivity contribution in [2.45, 2.75) is 45.5 Å². The van der Waals surface area contributed by atoms with Crippen molar-refractivity contribution in [1.82, 2.24) is 5.32 Å². The highest BCUT2D eigenvalue weighted by atomic mass is 19.4. The molecule has 0 bridgehead atoms. The zero-order chi connectivity index (χ0) is 18.8.